The zero-order valence-electron chi connectivity index (χ0n) is 13.2. The number of carboxylic acid groups (broad SMARTS) is 1. The molecule has 3 aliphatic carbocycles. The van der Waals surface area contributed by atoms with Crippen molar-refractivity contribution in [3.05, 3.63) is 24.0 Å². The summed E-state index contributed by atoms with van der Waals surface area (Å²) < 4.78 is 10.8. The van der Waals surface area contributed by atoms with Gasteiger partial charge in [0.25, 0.3) is 0 Å². The van der Waals surface area contributed by atoms with Crippen LogP contribution in [-0.2, 0) is 9.53 Å². The summed E-state index contributed by atoms with van der Waals surface area (Å²) in [5.74, 6) is -0.612. The smallest absolute Gasteiger partial charge is 0.337 e. The lowest BCUT2D eigenvalue weighted by Crippen LogP contribution is -2.48. The van der Waals surface area contributed by atoms with E-state index in [1.165, 1.54) is 25.6 Å². The van der Waals surface area contributed by atoms with Crippen molar-refractivity contribution in [1.29, 1.82) is 0 Å². The number of aromatic carboxylic acids is 1. The van der Waals surface area contributed by atoms with Gasteiger partial charge >= 0.3 is 11.9 Å². The minimum Gasteiger partial charge on any atom is -0.491 e. The Bertz CT molecular complexity index is 603. The summed E-state index contributed by atoms with van der Waals surface area (Å²) in [4.78, 5) is 26.9. The lowest BCUT2D eigenvalue weighted by Gasteiger charge is -2.51. The first-order valence-corrected chi connectivity index (χ1v) is 7.88. The number of methoxy groups -OCH3 is 1. The number of nitrogens with zero attached hydrogens (tertiary/aromatic N) is 1. The van der Waals surface area contributed by atoms with Crippen LogP contribution in [0.1, 0.15) is 48.9 Å². The summed E-state index contributed by atoms with van der Waals surface area (Å²) in [7, 11) is 1.46. The summed E-state index contributed by atoms with van der Waals surface area (Å²) >= 11 is 0. The van der Waals surface area contributed by atoms with Gasteiger partial charge in [-0.05, 0) is 44.6 Å². The summed E-state index contributed by atoms with van der Waals surface area (Å²) in [5.41, 5.74) is -0.0898. The van der Waals surface area contributed by atoms with Gasteiger partial charge in [0.1, 0.15) is 5.75 Å². The Morgan fingerprint density at radius 2 is 1.83 bits per heavy atom. The molecular weight excluding hydrogens is 298 g/mol. The Morgan fingerprint density at radius 3 is 2.39 bits per heavy atom. The highest BCUT2D eigenvalue weighted by molar-refractivity contribution is 5.87. The molecule has 0 saturated heterocycles. The van der Waals surface area contributed by atoms with Gasteiger partial charge in [0.15, 0.2) is 0 Å². The molecule has 124 valence electrons. The maximum Gasteiger partial charge on any atom is 0.337 e. The van der Waals surface area contributed by atoms with Crippen LogP contribution < -0.4 is 4.74 Å². The number of aromatic nitrogens is 1. The fourth-order valence-corrected chi connectivity index (χ4v) is 3.85. The van der Waals surface area contributed by atoms with Crippen molar-refractivity contribution in [1.82, 2.24) is 4.98 Å². The molecule has 1 heterocycles. The third-order valence-electron chi connectivity index (χ3n) is 5.53. The van der Waals surface area contributed by atoms with Gasteiger partial charge in [-0.25, -0.2) is 4.79 Å². The number of rotatable bonds is 5. The zero-order valence-corrected chi connectivity index (χ0v) is 13.2. The van der Waals surface area contributed by atoms with Crippen molar-refractivity contribution in [2.24, 2.45) is 10.8 Å². The molecule has 23 heavy (non-hydrogen) atoms. The fourth-order valence-electron chi connectivity index (χ4n) is 3.85. The summed E-state index contributed by atoms with van der Waals surface area (Å²) in [5, 5.41) is 8.99. The predicted octanol–water partition coefficient (Wildman–Crippen LogP) is 2.67. The van der Waals surface area contributed by atoms with Crippen LogP contribution >= 0.6 is 0 Å². The number of esters is 1. The van der Waals surface area contributed by atoms with Gasteiger partial charge in [0.2, 0.25) is 0 Å². The molecule has 0 aromatic carbocycles. The fraction of sp³-hybridized carbons (Fsp3) is 0.588. The molecule has 0 unspecified atom stereocenters. The number of carbonyl (C=O) groups is 2. The van der Waals surface area contributed by atoms with Crippen molar-refractivity contribution < 1.29 is 24.2 Å². The monoisotopic (exact) mass is 319 g/mol. The topological polar surface area (TPSA) is 85.7 Å². The molecule has 4 rings (SSSR count). The summed E-state index contributed by atoms with van der Waals surface area (Å²) in [6.07, 6.45) is 8.19. The molecule has 0 amide bonds. The Balaban J connectivity index is 1.63. The van der Waals surface area contributed by atoms with Crippen molar-refractivity contribution in [2.75, 3.05) is 13.7 Å². The minimum absolute atomic E-state index is 0.0784. The van der Waals surface area contributed by atoms with E-state index in [1.807, 2.05) is 0 Å². The third-order valence-corrected chi connectivity index (χ3v) is 5.53. The van der Waals surface area contributed by atoms with Crippen molar-refractivity contribution in [3.63, 3.8) is 0 Å². The number of ether oxygens (including phenoxy) is 2. The molecule has 0 spiro atoms. The average Bonchev–Trinajstić information content (AvgIpc) is 2.61. The second-order valence-electron chi connectivity index (χ2n) is 6.78. The Hall–Kier alpha value is -2.11. The summed E-state index contributed by atoms with van der Waals surface area (Å²) in [6, 6.07) is 1.50. The molecule has 1 aromatic rings. The largest absolute Gasteiger partial charge is 0.491 e. The van der Waals surface area contributed by atoms with E-state index in [2.05, 4.69) is 4.98 Å². The van der Waals surface area contributed by atoms with Gasteiger partial charge in [0, 0.05) is 11.6 Å². The van der Waals surface area contributed by atoms with E-state index in [-0.39, 0.29) is 22.4 Å². The van der Waals surface area contributed by atoms with E-state index >= 15 is 0 Å². The van der Waals surface area contributed by atoms with Crippen LogP contribution in [0.25, 0.3) is 0 Å². The molecule has 6 nitrogen and oxygen atoms in total. The lowest BCUT2D eigenvalue weighted by atomic mass is 9.54. The van der Waals surface area contributed by atoms with Crippen molar-refractivity contribution in [2.45, 2.75) is 38.5 Å². The Morgan fingerprint density at radius 1 is 1.17 bits per heavy atom. The van der Waals surface area contributed by atoms with Crippen LogP contribution in [0.3, 0.4) is 0 Å². The number of pyridine rings is 1. The number of hydrogen-bond acceptors (Lipinski definition) is 5. The van der Waals surface area contributed by atoms with Gasteiger partial charge in [-0.2, -0.15) is 0 Å². The number of hydrogen-bond donors (Lipinski definition) is 1. The molecule has 2 bridgehead atoms. The van der Waals surface area contributed by atoms with Gasteiger partial charge in [0.05, 0.1) is 30.9 Å². The molecule has 3 aliphatic rings. The molecule has 3 saturated carbocycles. The molecular formula is C17H21NO5. The normalized spacial score (nSPS) is 29.1. The molecule has 3 fully saturated rings. The van der Waals surface area contributed by atoms with E-state index in [4.69, 9.17) is 14.6 Å². The highest BCUT2D eigenvalue weighted by Gasteiger charge is 2.53. The quantitative estimate of drug-likeness (QED) is 0.840. The predicted molar refractivity (Wildman–Crippen MR) is 81.3 cm³/mol. The SMILES string of the molecule is COC(=O)C12CCC(COc3cncc(C(=O)O)c3)(CC1)CC2. The molecule has 0 radical (unpaired) electrons. The molecule has 1 N–H and O–H groups in total. The first-order valence-electron chi connectivity index (χ1n) is 7.88. The highest BCUT2D eigenvalue weighted by Crippen LogP contribution is 2.57. The highest BCUT2D eigenvalue weighted by atomic mass is 16.5. The van der Waals surface area contributed by atoms with E-state index < -0.39 is 5.97 Å². The first kappa shape index (κ1) is 15.8. The number of carbonyl (C=O) groups excluding carboxylic acids is 1. The van der Waals surface area contributed by atoms with Crippen LogP contribution in [0.5, 0.6) is 5.75 Å². The minimum atomic E-state index is -1.01. The van der Waals surface area contributed by atoms with E-state index in [0.717, 1.165) is 38.5 Å². The van der Waals surface area contributed by atoms with Crippen LogP contribution in [0.15, 0.2) is 18.5 Å². The number of carboxylic acids is 1. The van der Waals surface area contributed by atoms with E-state index in [1.54, 1.807) is 0 Å². The van der Waals surface area contributed by atoms with Crippen LogP contribution in [0, 0.1) is 10.8 Å². The van der Waals surface area contributed by atoms with Crippen LogP contribution in [0.4, 0.5) is 0 Å². The molecule has 1 aromatic heterocycles. The lowest BCUT2D eigenvalue weighted by molar-refractivity contribution is -0.163. The molecule has 0 atom stereocenters. The Labute approximate surface area is 134 Å². The second-order valence-corrected chi connectivity index (χ2v) is 6.78. The van der Waals surface area contributed by atoms with Crippen LogP contribution in [0.2, 0.25) is 0 Å². The molecule has 0 aliphatic heterocycles. The first-order chi connectivity index (χ1) is 11.0. The van der Waals surface area contributed by atoms with Crippen molar-refractivity contribution in [3.8, 4) is 5.75 Å². The maximum atomic E-state index is 12.0. The van der Waals surface area contributed by atoms with Gasteiger partial charge in [-0.3, -0.25) is 9.78 Å². The third kappa shape index (κ3) is 2.90. The van der Waals surface area contributed by atoms with Gasteiger partial charge in [-0.15, -0.1) is 0 Å². The second kappa shape index (κ2) is 5.83. The van der Waals surface area contributed by atoms with Gasteiger partial charge < -0.3 is 14.6 Å². The summed E-state index contributed by atoms with van der Waals surface area (Å²) in [6.45, 7) is 0.537. The average molecular weight is 319 g/mol. The Kier molecular flexibility index (Phi) is 4.00. The standard InChI is InChI=1S/C17H21NO5/c1-22-15(21)17-5-2-16(3-6-17,4-7-17)11-23-13-8-12(14(19)20)9-18-10-13/h8-10H,2-7,11H2,1H3,(H,19,20). The van der Waals surface area contributed by atoms with Crippen molar-refractivity contribution >= 4 is 11.9 Å². The molecule has 6 heteroatoms. The van der Waals surface area contributed by atoms with E-state index in [9.17, 15) is 9.59 Å². The van der Waals surface area contributed by atoms with E-state index in [0.29, 0.717) is 12.4 Å². The van der Waals surface area contributed by atoms with Crippen LogP contribution in [-0.4, -0.2) is 35.7 Å². The zero-order chi connectivity index (χ0) is 16.5. The van der Waals surface area contributed by atoms with Gasteiger partial charge in [-0.1, -0.05) is 0 Å². The maximum absolute atomic E-state index is 12.0. The number of fused-ring (bicyclic) bond motifs is 3.